The number of methoxy groups -OCH3 is 3. The second kappa shape index (κ2) is 5.94. The number of rotatable bonds is 5. The van der Waals surface area contributed by atoms with E-state index in [1.54, 1.807) is 40.4 Å². The molecule has 1 aromatic carbocycles. The maximum atomic E-state index is 10.6. The van der Waals surface area contributed by atoms with Crippen LogP contribution in [0.15, 0.2) is 17.7 Å². The first-order chi connectivity index (χ1) is 8.17. The molecular weight excluding hydrogens is 220 g/mol. The zero-order chi connectivity index (χ0) is 12.8. The highest BCUT2D eigenvalue weighted by atomic mass is 16.5. The molecule has 4 heteroatoms. The zero-order valence-corrected chi connectivity index (χ0v) is 10.4. The molecule has 17 heavy (non-hydrogen) atoms. The normalized spacial score (nSPS) is 10.9. The number of hydrogen-bond acceptors (Lipinski definition) is 4. The summed E-state index contributed by atoms with van der Waals surface area (Å²) in [5.41, 5.74) is 1.38. The highest BCUT2D eigenvalue weighted by Gasteiger charge is 2.14. The summed E-state index contributed by atoms with van der Waals surface area (Å²) >= 11 is 0. The summed E-state index contributed by atoms with van der Waals surface area (Å²) in [6.07, 6.45) is 2.52. The van der Waals surface area contributed by atoms with Crippen molar-refractivity contribution in [3.63, 3.8) is 0 Å². The lowest BCUT2D eigenvalue weighted by Gasteiger charge is -2.14. The minimum absolute atomic E-state index is 0.516. The van der Waals surface area contributed by atoms with Gasteiger partial charge >= 0.3 is 0 Å². The van der Waals surface area contributed by atoms with Crippen LogP contribution in [0.1, 0.15) is 12.5 Å². The Morgan fingerprint density at radius 3 is 2.18 bits per heavy atom. The van der Waals surface area contributed by atoms with Crippen molar-refractivity contribution in [1.82, 2.24) is 0 Å². The van der Waals surface area contributed by atoms with Crippen LogP contribution in [0.25, 0.3) is 6.08 Å². The van der Waals surface area contributed by atoms with Crippen molar-refractivity contribution in [2.75, 3.05) is 21.3 Å². The third-order valence-corrected chi connectivity index (χ3v) is 2.30. The van der Waals surface area contributed by atoms with Crippen molar-refractivity contribution in [2.45, 2.75) is 6.92 Å². The quantitative estimate of drug-likeness (QED) is 0.581. The Balaban J connectivity index is 3.38. The van der Waals surface area contributed by atoms with Crippen molar-refractivity contribution in [3.05, 3.63) is 23.3 Å². The molecule has 92 valence electrons. The van der Waals surface area contributed by atoms with Crippen molar-refractivity contribution >= 4 is 12.4 Å². The highest BCUT2D eigenvalue weighted by molar-refractivity contribution is 5.82. The van der Waals surface area contributed by atoms with E-state index in [2.05, 4.69) is 0 Å². The molecule has 0 aliphatic carbocycles. The maximum Gasteiger partial charge on any atom is 0.203 e. The van der Waals surface area contributed by atoms with Gasteiger partial charge in [-0.1, -0.05) is 0 Å². The van der Waals surface area contributed by atoms with Gasteiger partial charge in [0.1, 0.15) is 6.29 Å². The summed E-state index contributed by atoms with van der Waals surface area (Å²) in [5.74, 6) is 1.65. The fraction of sp³-hybridized carbons (Fsp3) is 0.308. The monoisotopic (exact) mass is 236 g/mol. The Morgan fingerprint density at radius 1 is 1.06 bits per heavy atom. The first-order valence-corrected chi connectivity index (χ1v) is 5.10. The molecule has 0 radical (unpaired) electrons. The van der Waals surface area contributed by atoms with Gasteiger partial charge in [-0.05, 0) is 30.7 Å². The van der Waals surface area contributed by atoms with Gasteiger partial charge in [0.25, 0.3) is 0 Å². The van der Waals surface area contributed by atoms with Crippen LogP contribution in [0.3, 0.4) is 0 Å². The summed E-state index contributed by atoms with van der Waals surface area (Å²) in [4.78, 5) is 10.6. The summed E-state index contributed by atoms with van der Waals surface area (Å²) in [5, 5.41) is 0. The Bertz CT molecular complexity index is 435. The first-order valence-electron chi connectivity index (χ1n) is 5.10. The van der Waals surface area contributed by atoms with Crippen LogP contribution in [0.4, 0.5) is 0 Å². The van der Waals surface area contributed by atoms with Gasteiger partial charge in [-0.25, -0.2) is 0 Å². The summed E-state index contributed by atoms with van der Waals surface area (Å²) in [7, 11) is 4.65. The fourth-order valence-corrected chi connectivity index (χ4v) is 1.52. The van der Waals surface area contributed by atoms with E-state index in [0.717, 1.165) is 11.8 Å². The third kappa shape index (κ3) is 2.78. The molecule has 0 saturated heterocycles. The first kappa shape index (κ1) is 13.1. The molecule has 0 amide bonds. The molecular formula is C13H16O4. The molecule has 0 aliphatic rings. The van der Waals surface area contributed by atoms with E-state index in [4.69, 9.17) is 14.2 Å². The fourth-order valence-electron chi connectivity index (χ4n) is 1.52. The Labute approximate surface area is 101 Å². The van der Waals surface area contributed by atoms with E-state index >= 15 is 0 Å². The maximum absolute atomic E-state index is 10.6. The molecule has 1 aromatic rings. The molecule has 0 aliphatic heterocycles. The summed E-state index contributed by atoms with van der Waals surface area (Å²) in [6.45, 7) is 1.73. The number of benzene rings is 1. The lowest BCUT2D eigenvalue weighted by atomic mass is 10.1. The molecule has 0 atom stereocenters. The molecule has 1 rings (SSSR count). The summed E-state index contributed by atoms with van der Waals surface area (Å²) in [6, 6.07) is 3.58. The number of carbonyl (C=O) groups is 1. The van der Waals surface area contributed by atoms with Gasteiger partial charge < -0.3 is 14.2 Å². The van der Waals surface area contributed by atoms with Crippen LogP contribution in [-0.2, 0) is 4.79 Å². The summed E-state index contributed by atoms with van der Waals surface area (Å²) < 4.78 is 15.7. The molecule has 0 fully saturated rings. The highest BCUT2D eigenvalue weighted by Crippen LogP contribution is 2.40. The van der Waals surface area contributed by atoms with Gasteiger partial charge in [0, 0.05) is 5.56 Å². The van der Waals surface area contributed by atoms with Crippen LogP contribution >= 0.6 is 0 Å². The lowest BCUT2D eigenvalue weighted by Crippen LogP contribution is -1.97. The number of allylic oxidation sites excluding steroid dienone is 1. The van der Waals surface area contributed by atoms with Gasteiger partial charge in [0.15, 0.2) is 11.5 Å². The van der Waals surface area contributed by atoms with Crippen LogP contribution in [-0.4, -0.2) is 27.6 Å². The third-order valence-electron chi connectivity index (χ3n) is 2.30. The zero-order valence-electron chi connectivity index (χ0n) is 10.4. The molecule has 0 bridgehead atoms. The predicted molar refractivity (Wildman–Crippen MR) is 65.8 cm³/mol. The average molecular weight is 236 g/mol. The number of hydrogen-bond donors (Lipinski definition) is 0. The van der Waals surface area contributed by atoms with Crippen LogP contribution in [0.5, 0.6) is 17.2 Å². The van der Waals surface area contributed by atoms with Gasteiger partial charge in [-0.2, -0.15) is 0 Å². The number of carbonyl (C=O) groups excluding carboxylic acids is 1. The van der Waals surface area contributed by atoms with Crippen molar-refractivity contribution < 1.29 is 19.0 Å². The van der Waals surface area contributed by atoms with Crippen LogP contribution in [0, 0.1) is 0 Å². The second-order valence-corrected chi connectivity index (χ2v) is 3.43. The smallest absolute Gasteiger partial charge is 0.203 e. The van der Waals surface area contributed by atoms with Gasteiger partial charge in [0.2, 0.25) is 5.75 Å². The topological polar surface area (TPSA) is 44.8 Å². The molecule has 0 heterocycles. The van der Waals surface area contributed by atoms with Gasteiger partial charge in [-0.15, -0.1) is 0 Å². The molecule has 4 nitrogen and oxygen atoms in total. The standard InChI is InChI=1S/C13H16O4/c1-9(8-14)7-10-5-6-11(15-2)13(17-4)12(10)16-3/h5-8H,1-4H3. The number of ether oxygens (including phenoxy) is 3. The molecule has 0 spiro atoms. The van der Waals surface area contributed by atoms with E-state index in [1.165, 1.54) is 0 Å². The van der Waals surface area contributed by atoms with Crippen LogP contribution in [0.2, 0.25) is 0 Å². The van der Waals surface area contributed by atoms with Crippen molar-refractivity contribution in [2.24, 2.45) is 0 Å². The van der Waals surface area contributed by atoms with Gasteiger partial charge in [0.05, 0.1) is 21.3 Å². The van der Waals surface area contributed by atoms with E-state index < -0.39 is 0 Å². The second-order valence-electron chi connectivity index (χ2n) is 3.43. The van der Waals surface area contributed by atoms with Crippen molar-refractivity contribution in [1.29, 1.82) is 0 Å². The Hall–Kier alpha value is -1.97. The minimum Gasteiger partial charge on any atom is -0.493 e. The van der Waals surface area contributed by atoms with Gasteiger partial charge in [-0.3, -0.25) is 4.79 Å². The largest absolute Gasteiger partial charge is 0.493 e. The minimum atomic E-state index is 0.516. The molecule has 0 saturated carbocycles. The van der Waals surface area contributed by atoms with Crippen LogP contribution < -0.4 is 14.2 Å². The number of aldehydes is 1. The Morgan fingerprint density at radius 2 is 1.71 bits per heavy atom. The van der Waals surface area contributed by atoms with E-state index in [1.807, 2.05) is 6.07 Å². The molecule has 0 unspecified atom stereocenters. The SMILES string of the molecule is COc1ccc(C=C(C)C=O)c(OC)c1OC. The molecule has 0 aromatic heterocycles. The Kier molecular flexibility index (Phi) is 4.57. The average Bonchev–Trinajstić information content (AvgIpc) is 2.37. The predicted octanol–water partition coefficient (Wildman–Crippen LogP) is 2.31. The van der Waals surface area contributed by atoms with Crippen molar-refractivity contribution in [3.8, 4) is 17.2 Å². The van der Waals surface area contributed by atoms with E-state index in [0.29, 0.717) is 22.8 Å². The lowest BCUT2D eigenvalue weighted by molar-refractivity contribution is -0.104. The van der Waals surface area contributed by atoms with E-state index in [-0.39, 0.29) is 0 Å². The molecule has 0 N–H and O–H groups in total. The van der Waals surface area contributed by atoms with E-state index in [9.17, 15) is 4.79 Å².